The van der Waals surface area contributed by atoms with Crippen LogP contribution in [0.3, 0.4) is 0 Å². The van der Waals surface area contributed by atoms with Crippen molar-refractivity contribution in [3.8, 4) is 17.1 Å². The van der Waals surface area contributed by atoms with E-state index in [-0.39, 0.29) is 22.4 Å². The van der Waals surface area contributed by atoms with Gasteiger partial charge in [-0.15, -0.1) is 10.2 Å². The number of thioether (sulfide) groups is 1. The number of halogens is 3. The lowest BCUT2D eigenvalue weighted by molar-refractivity contribution is -0.137. The monoisotopic (exact) mass is 380 g/mol. The Morgan fingerprint density at radius 2 is 1.92 bits per heavy atom. The zero-order valence-corrected chi connectivity index (χ0v) is 13.8. The smallest absolute Gasteiger partial charge is 0.418 e. The van der Waals surface area contributed by atoms with Gasteiger partial charge in [0.1, 0.15) is 0 Å². The molecule has 0 fully saturated rings. The van der Waals surface area contributed by atoms with Crippen molar-refractivity contribution in [3.63, 3.8) is 0 Å². The Hall–Kier alpha value is -2.88. The highest BCUT2D eigenvalue weighted by Gasteiger charge is 2.35. The maximum Gasteiger partial charge on any atom is 0.418 e. The first-order chi connectivity index (χ1) is 12.4. The van der Waals surface area contributed by atoms with Crippen LogP contribution in [-0.4, -0.2) is 36.6 Å². The van der Waals surface area contributed by atoms with Crippen molar-refractivity contribution in [1.29, 1.82) is 0 Å². The maximum absolute atomic E-state index is 13.5. The van der Waals surface area contributed by atoms with Gasteiger partial charge >= 0.3 is 12.1 Å². The van der Waals surface area contributed by atoms with Crippen LogP contribution in [0, 0.1) is 0 Å². The van der Waals surface area contributed by atoms with E-state index in [4.69, 9.17) is 5.11 Å². The molecule has 0 bridgehead atoms. The Morgan fingerprint density at radius 3 is 2.58 bits per heavy atom. The molecule has 26 heavy (non-hydrogen) atoms. The van der Waals surface area contributed by atoms with Crippen molar-refractivity contribution < 1.29 is 23.1 Å². The summed E-state index contributed by atoms with van der Waals surface area (Å²) in [5, 5.41) is 16.8. The van der Waals surface area contributed by atoms with Gasteiger partial charge in [-0.05, 0) is 24.3 Å². The first kappa shape index (κ1) is 17.9. The SMILES string of the molecule is O=C(O)CSc1nnc(-c2cccnc2)n1-c1ccccc1C(F)(F)F. The lowest BCUT2D eigenvalue weighted by Crippen LogP contribution is -2.12. The molecule has 0 aliphatic heterocycles. The van der Waals surface area contributed by atoms with Crippen molar-refractivity contribution >= 4 is 17.7 Å². The summed E-state index contributed by atoms with van der Waals surface area (Å²) in [6.45, 7) is 0. The van der Waals surface area contributed by atoms with E-state index in [9.17, 15) is 18.0 Å². The standard InChI is InChI=1S/C16H11F3N4O2S/c17-16(18,19)11-5-1-2-6-12(11)23-14(10-4-3-7-20-8-10)21-22-15(23)26-9-13(24)25/h1-8H,9H2,(H,24,25). The van der Waals surface area contributed by atoms with Gasteiger partial charge in [0.25, 0.3) is 0 Å². The summed E-state index contributed by atoms with van der Waals surface area (Å²) >= 11 is 0.787. The van der Waals surface area contributed by atoms with Crippen molar-refractivity contribution in [3.05, 3.63) is 54.4 Å². The molecule has 0 aliphatic rings. The minimum Gasteiger partial charge on any atom is -0.481 e. The van der Waals surface area contributed by atoms with E-state index < -0.39 is 17.7 Å². The number of benzene rings is 1. The summed E-state index contributed by atoms with van der Waals surface area (Å²) in [5.41, 5.74) is -0.599. The van der Waals surface area contributed by atoms with E-state index in [0.29, 0.717) is 5.56 Å². The molecule has 0 spiro atoms. The van der Waals surface area contributed by atoms with Crippen LogP contribution in [0.25, 0.3) is 17.1 Å². The second-order valence-electron chi connectivity index (χ2n) is 5.08. The Morgan fingerprint density at radius 1 is 1.15 bits per heavy atom. The fraction of sp³-hybridized carbons (Fsp3) is 0.125. The van der Waals surface area contributed by atoms with Gasteiger partial charge in [-0.3, -0.25) is 14.3 Å². The van der Waals surface area contributed by atoms with Gasteiger partial charge in [-0.25, -0.2) is 0 Å². The molecule has 1 N–H and O–H groups in total. The molecular formula is C16H11F3N4O2S. The molecule has 3 rings (SSSR count). The van der Waals surface area contributed by atoms with Crippen LogP contribution in [0.5, 0.6) is 0 Å². The number of aromatic nitrogens is 4. The molecule has 0 amide bonds. The van der Waals surface area contributed by atoms with Crippen molar-refractivity contribution in [2.24, 2.45) is 0 Å². The molecule has 0 saturated carbocycles. The Balaban J connectivity index is 2.22. The number of para-hydroxylation sites is 1. The van der Waals surface area contributed by atoms with Crippen LogP contribution in [0.15, 0.2) is 53.9 Å². The summed E-state index contributed by atoms with van der Waals surface area (Å²) in [6, 6.07) is 8.24. The molecule has 2 heterocycles. The molecule has 6 nitrogen and oxygen atoms in total. The molecule has 3 aromatic rings. The minimum atomic E-state index is -4.60. The van der Waals surface area contributed by atoms with Gasteiger partial charge in [-0.2, -0.15) is 13.2 Å². The molecule has 0 atom stereocenters. The van der Waals surface area contributed by atoms with Gasteiger partial charge in [-0.1, -0.05) is 23.9 Å². The predicted molar refractivity (Wildman–Crippen MR) is 88.0 cm³/mol. The van der Waals surface area contributed by atoms with Gasteiger partial charge in [0.05, 0.1) is 17.0 Å². The van der Waals surface area contributed by atoms with E-state index in [2.05, 4.69) is 15.2 Å². The molecule has 10 heteroatoms. The van der Waals surface area contributed by atoms with Gasteiger partial charge in [0.2, 0.25) is 0 Å². The van der Waals surface area contributed by atoms with Crippen LogP contribution in [0.2, 0.25) is 0 Å². The molecular weight excluding hydrogens is 369 g/mol. The molecule has 134 valence electrons. The summed E-state index contributed by atoms with van der Waals surface area (Å²) in [4.78, 5) is 14.8. The molecule has 0 radical (unpaired) electrons. The van der Waals surface area contributed by atoms with Gasteiger partial charge in [0.15, 0.2) is 11.0 Å². The second-order valence-corrected chi connectivity index (χ2v) is 6.02. The molecule has 2 aromatic heterocycles. The Labute approximate surface area is 149 Å². The molecule has 1 aromatic carbocycles. The molecule has 0 saturated heterocycles. The number of carboxylic acids is 1. The van der Waals surface area contributed by atoms with Crippen LogP contribution in [-0.2, 0) is 11.0 Å². The lowest BCUT2D eigenvalue weighted by atomic mass is 10.1. The zero-order valence-electron chi connectivity index (χ0n) is 13.0. The van der Waals surface area contributed by atoms with Crippen LogP contribution in [0.1, 0.15) is 5.56 Å². The predicted octanol–water partition coefficient (Wildman–Crippen LogP) is 3.52. The Kier molecular flexibility index (Phi) is 4.94. The van der Waals surface area contributed by atoms with Crippen LogP contribution < -0.4 is 0 Å². The van der Waals surface area contributed by atoms with E-state index in [1.165, 1.54) is 35.2 Å². The third kappa shape index (κ3) is 3.69. The van der Waals surface area contributed by atoms with E-state index in [0.717, 1.165) is 17.8 Å². The lowest BCUT2D eigenvalue weighted by Gasteiger charge is -2.16. The summed E-state index contributed by atoms with van der Waals surface area (Å²) < 4.78 is 41.6. The third-order valence-corrected chi connectivity index (χ3v) is 4.24. The van der Waals surface area contributed by atoms with Crippen molar-refractivity contribution in [1.82, 2.24) is 19.7 Å². The van der Waals surface area contributed by atoms with Crippen LogP contribution >= 0.6 is 11.8 Å². The number of carboxylic acid groups (broad SMARTS) is 1. The van der Waals surface area contributed by atoms with Crippen molar-refractivity contribution in [2.45, 2.75) is 11.3 Å². The number of hydrogen-bond donors (Lipinski definition) is 1. The number of nitrogens with zero attached hydrogens (tertiary/aromatic N) is 4. The average molecular weight is 380 g/mol. The maximum atomic E-state index is 13.5. The van der Waals surface area contributed by atoms with Gasteiger partial charge < -0.3 is 5.11 Å². The second kappa shape index (κ2) is 7.16. The first-order valence-electron chi connectivity index (χ1n) is 7.25. The largest absolute Gasteiger partial charge is 0.481 e. The average Bonchev–Trinajstić information content (AvgIpc) is 3.04. The summed E-state index contributed by atoms with van der Waals surface area (Å²) in [7, 11) is 0. The normalized spacial score (nSPS) is 11.5. The third-order valence-electron chi connectivity index (χ3n) is 3.33. The van der Waals surface area contributed by atoms with Gasteiger partial charge in [0, 0.05) is 18.0 Å². The van der Waals surface area contributed by atoms with Crippen molar-refractivity contribution in [2.75, 3.05) is 5.75 Å². The number of alkyl halides is 3. The summed E-state index contributed by atoms with van der Waals surface area (Å²) in [6.07, 6.45) is -1.63. The Bertz CT molecular complexity index is 929. The zero-order chi connectivity index (χ0) is 18.7. The number of aliphatic carboxylic acids is 1. The molecule has 0 aliphatic carbocycles. The fourth-order valence-corrected chi connectivity index (χ4v) is 2.96. The number of carbonyl (C=O) groups is 1. The highest BCUT2D eigenvalue weighted by atomic mass is 32.2. The van der Waals surface area contributed by atoms with Crippen LogP contribution in [0.4, 0.5) is 13.2 Å². The molecule has 0 unspecified atom stereocenters. The fourth-order valence-electron chi connectivity index (χ4n) is 2.30. The quantitative estimate of drug-likeness (QED) is 0.682. The highest BCUT2D eigenvalue weighted by molar-refractivity contribution is 7.99. The number of hydrogen-bond acceptors (Lipinski definition) is 5. The minimum absolute atomic E-state index is 0.0444. The topological polar surface area (TPSA) is 80.9 Å². The first-order valence-corrected chi connectivity index (χ1v) is 8.23. The van der Waals surface area contributed by atoms with E-state index >= 15 is 0 Å². The van der Waals surface area contributed by atoms with E-state index in [1.54, 1.807) is 12.1 Å². The summed E-state index contributed by atoms with van der Waals surface area (Å²) in [5.74, 6) is -1.33. The number of pyridine rings is 1. The van der Waals surface area contributed by atoms with E-state index in [1.807, 2.05) is 0 Å². The number of rotatable bonds is 5. The highest BCUT2D eigenvalue weighted by Crippen LogP contribution is 2.37.